The number of fused-ring (bicyclic) bond motifs is 1. The molecule has 0 atom stereocenters. The number of hydrogen-bond donors (Lipinski definition) is 1. The Bertz CT molecular complexity index is 1010. The smallest absolute Gasteiger partial charge is 0.238 e. The highest BCUT2D eigenvalue weighted by Gasteiger charge is 2.13. The Morgan fingerprint density at radius 2 is 1.85 bits per heavy atom. The van der Waals surface area contributed by atoms with Gasteiger partial charge in [-0.2, -0.15) is 5.10 Å². The molecule has 0 unspecified atom stereocenters. The van der Waals surface area contributed by atoms with Crippen molar-refractivity contribution in [2.75, 3.05) is 25.4 Å². The second kappa shape index (κ2) is 8.34. The molecule has 0 aliphatic carbocycles. The minimum atomic E-state index is -3.72. The van der Waals surface area contributed by atoms with Crippen molar-refractivity contribution in [1.82, 2.24) is 24.6 Å². The zero-order valence-electron chi connectivity index (χ0n) is 15.2. The molecule has 0 radical (unpaired) electrons. The van der Waals surface area contributed by atoms with Gasteiger partial charge in [0.15, 0.2) is 5.65 Å². The molecule has 0 saturated carbocycles. The number of primary sulfonamides is 1. The average molecular weight is 407 g/mol. The predicted molar refractivity (Wildman–Crippen MR) is 107 cm³/mol. The van der Waals surface area contributed by atoms with E-state index in [0.29, 0.717) is 11.3 Å². The molecule has 0 aliphatic heterocycles. The van der Waals surface area contributed by atoms with Crippen molar-refractivity contribution in [3.63, 3.8) is 0 Å². The van der Waals surface area contributed by atoms with Gasteiger partial charge in [0.1, 0.15) is 11.4 Å². The maximum atomic E-state index is 11.4. The molecule has 3 rings (SSSR count). The summed E-state index contributed by atoms with van der Waals surface area (Å²) in [5.41, 5.74) is 1.38. The molecule has 2 heterocycles. The summed E-state index contributed by atoms with van der Waals surface area (Å²) in [5.74, 6) is 0.933. The van der Waals surface area contributed by atoms with Crippen molar-refractivity contribution in [3.8, 4) is 5.69 Å². The molecule has 2 N–H and O–H groups in total. The normalized spacial score (nSPS) is 12.1. The lowest BCUT2D eigenvalue weighted by Gasteiger charge is -2.17. The second-order valence-electron chi connectivity index (χ2n) is 5.89. The van der Waals surface area contributed by atoms with E-state index in [0.717, 1.165) is 35.8 Å². The van der Waals surface area contributed by atoms with E-state index in [4.69, 9.17) is 5.14 Å². The Balaban J connectivity index is 1.85. The maximum absolute atomic E-state index is 11.4. The van der Waals surface area contributed by atoms with Gasteiger partial charge in [-0.25, -0.2) is 28.2 Å². The third kappa shape index (κ3) is 4.46. The Hall–Kier alpha value is -2.01. The van der Waals surface area contributed by atoms with E-state index in [2.05, 4.69) is 33.8 Å². The van der Waals surface area contributed by atoms with Crippen molar-refractivity contribution < 1.29 is 8.42 Å². The van der Waals surface area contributed by atoms with Gasteiger partial charge in [0.25, 0.3) is 0 Å². The summed E-state index contributed by atoms with van der Waals surface area (Å²) in [6.45, 7) is 7.36. The summed E-state index contributed by atoms with van der Waals surface area (Å²) >= 11 is 1.68. The maximum Gasteiger partial charge on any atom is 0.238 e. The molecular formula is C17H22N6O2S2. The quantitative estimate of drug-likeness (QED) is 0.450. The average Bonchev–Trinajstić information content (AvgIpc) is 3.09. The van der Waals surface area contributed by atoms with Gasteiger partial charge in [-0.05, 0) is 37.4 Å². The van der Waals surface area contributed by atoms with E-state index < -0.39 is 10.0 Å². The second-order valence-corrected chi connectivity index (χ2v) is 8.53. The summed E-state index contributed by atoms with van der Waals surface area (Å²) in [7, 11) is -3.72. The van der Waals surface area contributed by atoms with Crippen molar-refractivity contribution in [3.05, 3.63) is 36.8 Å². The molecule has 0 fully saturated rings. The number of aromatic nitrogens is 4. The number of sulfonamides is 1. The summed E-state index contributed by atoms with van der Waals surface area (Å²) in [5, 5.41) is 11.3. The standard InChI is InChI=1S/C17H22N6O2S2/c1-3-22(4-2)9-10-26-17-15-11-21-23(16(15)19-12-20-17)13-5-7-14(8-6-13)27(18,24)25/h5-8,11-12H,3-4,9-10H2,1-2H3,(H2,18,24,25). The van der Waals surface area contributed by atoms with Gasteiger partial charge < -0.3 is 4.90 Å². The van der Waals surface area contributed by atoms with Crippen LogP contribution < -0.4 is 5.14 Å². The summed E-state index contributed by atoms with van der Waals surface area (Å²) in [6.07, 6.45) is 3.27. The third-order valence-electron chi connectivity index (χ3n) is 4.28. The van der Waals surface area contributed by atoms with Gasteiger partial charge in [0, 0.05) is 12.3 Å². The first-order valence-corrected chi connectivity index (χ1v) is 11.1. The molecule has 0 bridgehead atoms. The highest BCUT2D eigenvalue weighted by atomic mass is 32.2. The van der Waals surface area contributed by atoms with Gasteiger partial charge in [-0.3, -0.25) is 0 Å². The summed E-state index contributed by atoms with van der Waals surface area (Å²) in [6, 6.07) is 6.22. The minimum Gasteiger partial charge on any atom is -0.303 e. The number of nitrogens with zero attached hydrogens (tertiary/aromatic N) is 5. The zero-order chi connectivity index (χ0) is 19.4. The first-order valence-electron chi connectivity index (χ1n) is 8.61. The fourth-order valence-corrected chi connectivity index (χ4v) is 4.19. The van der Waals surface area contributed by atoms with Crippen LogP contribution >= 0.6 is 11.8 Å². The monoisotopic (exact) mass is 406 g/mol. The van der Waals surface area contributed by atoms with Crippen LogP contribution in [0.15, 0.2) is 46.7 Å². The van der Waals surface area contributed by atoms with Crippen molar-refractivity contribution in [1.29, 1.82) is 0 Å². The summed E-state index contributed by atoms with van der Waals surface area (Å²) < 4.78 is 24.5. The van der Waals surface area contributed by atoms with Crippen LogP contribution in [0.25, 0.3) is 16.7 Å². The highest BCUT2D eigenvalue weighted by Crippen LogP contribution is 2.26. The Morgan fingerprint density at radius 3 is 2.48 bits per heavy atom. The van der Waals surface area contributed by atoms with Crippen LogP contribution in [0.2, 0.25) is 0 Å². The highest BCUT2D eigenvalue weighted by molar-refractivity contribution is 7.99. The molecular weight excluding hydrogens is 384 g/mol. The van der Waals surface area contributed by atoms with Crippen molar-refractivity contribution in [2.24, 2.45) is 5.14 Å². The molecule has 0 saturated heterocycles. The minimum absolute atomic E-state index is 0.0602. The number of benzene rings is 1. The molecule has 8 nitrogen and oxygen atoms in total. The van der Waals surface area contributed by atoms with Crippen LogP contribution in [-0.2, 0) is 10.0 Å². The topological polar surface area (TPSA) is 107 Å². The van der Waals surface area contributed by atoms with E-state index in [-0.39, 0.29) is 4.90 Å². The van der Waals surface area contributed by atoms with E-state index in [9.17, 15) is 8.42 Å². The molecule has 27 heavy (non-hydrogen) atoms. The number of nitrogens with two attached hydrogens (primary N) is 1. The third-order valence-corrected chi connectivity index (χ3v) is 6.19. The Morgan fingerprint density at radius 1 is 1.15 bits per heavy atom. The molecule has 2 aromatic heterocycles. The lowest BCUT2D eigenvalue weighted by atomic mass is 10.3. The molecule has 0 spiro atoms. The van der Waals surface area contributed by atoms with Gasteiger partial charge in [0.2, 0.25) is 10.0 Å². The Kier molecular flexibility index (Phi) is 6.10. The van der Waals surface area contributed by atoms with Gasteiger partial charge in [-0.15, -0.1) is 11.8 Å². The zero-order valence-corrected chi connectivity index (χ0v) is 16.9. The first kappa shape index (κ1) is 19.7. The Labute approximate surface area is 162 Å². The summed E-state index contributed by atoms with van der Waals surface area (Å²) in [4.78, 5) is 11.2. The number of thioether (sulfide) groups is 1. The van der Waals surface area contributed by atoms with E-state index >= 15 is 0 Å². The van der Waals surface area contributed by atoms with E-state index in [1.54, 1.807) is 34.8 Å². The molecule has 0 amide bonds. The fourth-order valence-electron chi connectivity index (χ4n) is 2.71. The van der Waals surface area contributed by atoms with Crippen LogP contribution in [0.3, 0.4) is 0 Å². The number of hydrogen-bond acceptors (Lipinski definition) is 7. The molecule has 144 valence electrons. The lowest BCUT2D eigenvalue weighted by Crippen LogP contribution is -2.25. The van der Waals surface area contributed by atoms with Gasteiger partial charge in [0.05, 0.1) is 22.2 Å². The molecule has 1 aromatic carbocycles. The largest absolute Gasteiger partial charge is 0.303 e. The SMILES string of the molecule is CCN(CC)CCSc1ncnc2c1cnn2-c1ccc(S(N)(=O)=O)cc1. The van der Waals surface area contributed by atoms with Crippen LogP contribution in [0.1, 0.15) is 13.8 Å². The van der Waals surface area contributed by atoms with Crippen LogP contribution in [0.4, 0.5) is 0 Å². The van der Waals surface area contributed by atoms with E-state index in [1.807, 2.05) is 0 Å². The van der Waals surface area contributed by atoms with Gasteiger partial charge in [-0.1, -0.05) is 13.8 Å². The van der Waals surface area contributed by atoms with Crippen LogP contribution in [0, 0.1) is 0 Å². The first-order chi connectivity index (χ1) is 12.9. The van der Waals surface area contributed by atoms with Crippen LogP contribution in [0.5, 0.6) is 0 Å². The van der Waals surface area contributed by atoms with Gasteiger partial charge >= 0.3 is 0 Å². The van der Waals surface area contributed by atoms with E-state index in [1.165, 1.54) is 18.5 Å². The molecule has 0 aliphatic rings. The van der Waals surface area contributed by atoms with Crippen LogP contribution in [-0.4, -0.2) is 58.5 Å². The molecule has 10 heteroatoms. The van der Waals surface area contributed by atoms with Crippen molar-refractivity contribution in [2.45, 2.75) is 23.8 Å². The molecule has 3 aromatic rings. The fraction of sp³-hybridized carbons (Fsp3) is 0.353. The predicted octanol–water partition coefficient (Wildman–Crippen LogP) is 1.90. The number of rotatable bonds is 8. The van der Waals surface area contributed by atoms with Crippen molar-refractivity contribution >= 4 is 32.8 Å². The lowest BCUT2D eigenvalue weighted by molar-refractivity contribution is 0.324.